The highest BCUT2D eigenvalue weighted by atomic mass is 32.1. The van der Waals surface area contributed by atoms with Crippen molar-refractivity contribution in [2.24, 2.45) is 5.92 Å². The average molecular weight is 188 g/mol. The molecule has 72 valence electrons. The molecule has 0 aliphatic heterocycles. The van der Waals surface area contributed by atoms with Crippen LogP contribution in [0.25, 0.3) is 0 Å². The van der Waals surface area contributed by atoms with Gasteiger partial charge in [-0.25, -0.2) is 0 Å². The van der Waals surface area contributed by atoms with Gasteiger partial charge in [0.15, 0.2) is 5.11 Å². The van der Waals surface area contributed by atoms with Crippen molar-refractivity contribution in [3.8, 4) is 0 Å². The molecule has 0 saturated carbocycles. The summed E-state index contributed by atoms with van der Waals surface area (Å²) in [5, 5.41) is 7.11. The van der Waals surface area contributed by atoms with Crippen LogP contribution in [0.2, 0.25) is 0 Å². The Bertz CT molecular complexity index is 126. The fraction of sp³-hybridized carbons (Fsp3) is 0.889. The molecule has 0 bridgehead atoms. The standard InChI is InChI=1S/C9H20N2S/c1-4-6-10-9(12)11-7-8(3)5-2/h8H,4-7H2,1-3H3,(H2,10,11,12). The molecule has 0 aromatic carbocycles. The Morgan fingerprint density at radius 1 is 1.33 bits per heavy atom. The summed E-state index contributed by atoms with van der Waals surface area (Å²) in [5.74, 6) is 0.700. The van der Waals surface area contributed by atoms with Crippen LogP contribution < -0.4 is 10.6 Å². The van der Waals surface area contributed by atoms with Crippen LogP contribution in [-0.4, -0.2) is 18.2 Å². The summed E-state index contributed by atoms with van der Waals surface area (Å²) in [6.07, 6.45) is 2.31. The summed E-state index contributed by atoms with van der Waals surface area (Å²) < 4.78 is 0. The lowest BCUT2D eigenvalue weighted by molar-refractivity contribution is 0.546. The highest BCUT2D eigenvalue weighted by Gasteiger charge is 1.98. The first-order valence-corrected chi connectivity index (χ1v) is 5.13. The van der Waals surface area contributed by atoms with E-state index in [0.717, 1.165) is 24.6 Å². The molecule has 2 nitrogen and oxygen atoms in total. The van der Waals surface area contributed by atoms with Gasteiger partial charge in [-0.05, 0) is 24.6 Å². The maximum atomic E-state index is 5.06. The minimum atomic E-state index is 0.700. The quantitative estimate of drug-likeness (QED) is 0.644. The third kappa shape index (κ3) is 6.40. The van der Waals surface area contributed by atoms with Crippen molar-refractivity contribution in [3.05, 3.63) is 0 Å². The molecule has 0 aliphatic rings. The molecule has 2 N–H and O–H groups in total. The minimum absolute atomic E-state index is 0.700. The van der Waals surface area contributed by atoms with Gasteiger partial charge < -0.3 is 10.6 Å². The Morgan fingerprint density at radius 3 is 2.50 bits per heavy atom. The Morgan fingerprint density at radius 2 is 2.00 bits per heavy atom. The van der Waals surface area contributed by atoms with Gasteiger partial charge in [0.1, 0.15) is 0 Å². The van der Waals surface area contributed by atoms with Crippen molar-refractivity contribution in [1.29, 1.82) is 0 Å². The van der Waals surface area contributed by atoms with Gasteiger partial charge in [0.2, 0.25) is 0 Å². The normalized spacial score (nSPS) is 12.2. The summed E-state index contributed by atoms with van der Waals surface area (Å²) in [4.78, 5) is 0. The minimum Gasteiger partial charge on any atom is -0.363 e. The summed E-state index contributed by atoms with van der Waals surface area (Å²) in [6.45, 7) is 8.48. The lowest BCUT2D eigenvalue weighted by Crippen LogP contribution is -2.37. The van der Waals surface area contributed by atoms with E-state index in [0.29, 0.717) is 5.92 Å². The van der Waals surface area contributed by atoms with Gasteiger partial charge in [-0.3, -0.25) is 0 Å². The largest absolute Gasteiger partial charge is 0.363 e. The monoisotopic (exact) mass is 188 g/mol. The molecule has 0 aliphatic carbocycles. The predicted octanol–water partition coefficient (Wildman–Crippen LogP) is 1.91. The van der Waals surface area contributed by atoms with Crippen LogP contribution in [0.3, 0.4) is 0 Å². The van der Waals surface area contributed by atoms with Crippen molar-refractivity contribution in [3.63, 3.8) is 0 Å². The molecule has 0 aromatic rings. The van der Waals surface area contributed by atoms with Crippen LogP contribution >= 0.6 is 12.2 Å². The van der Waals surface area contributed by atoms with Gasteiger partial charge in [-0.2, -0.15) is 0 Å². The molecular weight excluding hydrogens is 168 g/mol. The number of nitrogens with one attached hydrogen (secondary N) is 2. The molecule has 0 spiro atoms. The van der Waals surface area contributed by atoms with E-state index in [1.54, 1.807) is 0 Å². The second kappa shape index (κ2) is 7.35. The summed E-state index contributed by atoms with van der Waals surface area (Å²) in [5.41, 5.74) is 0. The molecule has 3 heteroatoms. The summed E-state index contributed by atoms with van der Waals surface area (Å²) in [7, 11) is 0. The molecule has 0 radical (unpaired) electrons. The topological polar surface area (TPSA) is 24.1 Å². The van der Waals surface area contributed by atoms with E-state index in [1.807, 2.05) is 0 Å². The first-order valence-electron chi connectivity index (χ1n) is 4.72. The second-order valence-electron chi connectivity index (χ2n) is 3.15. The second-order valence-corrected chi connectivity index (χ2v) is 3.56. The van der Waals surface area contributed by atoms with E-state index >= 15 is 0 Å². The Kier molecular flexibility index (Phi) is 7.16. The zero-order valence-electron chi connectivity index (χ0n) is 8.31. The van der Waals surface area contributed by atoms with Gasteiger partial charge in [-0.1, -0.05) is 27.2 Å². The smallest absolute Gasteiger partial charge is 0.166 e. The lowest BCUT2D eigenvalue weighted by Gasteiger charge is -2.12. The van der Waals surface area contributed by atoms with Gasteiger partial charge in [0.25, 0.3) is 0 Å². The van der Waals surface area contributed by atoms with E-state index in [9.17, 15) is 0 Å². The molecule has 0 fully saturated rings. The molecule has 0 amide bonds. The lowest BCUT2D eigenvalue weighted by atomic mass is 10.1. The maximum absolute atomic E-state index is 5.06. The average Bonchev–Trinajstić information content (AvgIpc) is 2.10. The van der Waals surface area contributed by atoms with E-state index in [2.05, 4.69) is 31.4 Å². The third-order valence-corrected chi connectivity index (χ3v) is 2.13. The van der Waals surface area contributed by atoms with Gasteiger partial charge >= 0.3 is 0 Å². The van der Waals surface area contributed by atoms with Crippen molar-refractivity contribution >= 4 is 17.3 Å². The van der Waals surface area contributed by atoms with Gasteiger partial charge in [-0.15, -0.1) is 0 Å². The van der Waals surface area contributed by atoms with E-state index in [-0.39, 0.29) is 0 Å². The van der Waals surface area contributed by atoms with Crippen LogP contribution in [0.5, 0.6) is 0 Å². The van der Waals surface area contributed by atoms with E-state index in [4.69, 9.17) is 12.2 Å². The number of hydrogen-bond donors (Lipinski definition) is 2. The Labute approximate surface area is 81.1 Å². The molecule has 1 unspecified atom stereocenters. The SMILES string of the molecule is CCCNC(=S)NCC(C)CC. The predicted molar refractivity (Wildman–Crippen MR) is 58.3 cm³/mol. The zero-order chi connectivity index (χ0) is 9.40. The Balaban J connectivity index is 3.31. The fourth-order valence-electron chi connectivity index (χ4n) is 0.712. The molecular formula is C9H20N2S. The fourth-order valence-corrected chi connectivity index (χ4v) is 0.898. The van der Waals surface area contributed by atoms with Crippen LogP contribution in [0.4, 0.5) is 0 Å². The third-order valence-electron chi connectivity index (χ3n) is 1.84. The molecule has 0 heterocycles. The van der Waals surface area contributed by atoms with Crippen LogP contribution in [0.1, 0.15) is 33.6 Å². The highest BCUT2D eigenvalue weighted by Crippen LogP contribution is 1.96. The molecule has 0 aromatic heterocycles. The van der Waals surface area contributed by atoms with E-state index < -0.39 is 0 Å². The molecule has 0 saturated heterocycles. The van der Waals surface area contributed by atoms with Crippen molar-refractivity contribution in [2.75, 3.05) is 13.1 Å². The van der Waals surface area contributed by atoms with Crippen LogP contribution in [0.15, 0.2) is 0 Å². The maximum Gasteiger partial charge on any atom is 0.166 e. The number of thiocarbonyl (C=S) groups is 1. The molecule has 12 heavy (non-hydrogen) atoms. The van der Waals surface area contributed by atoms with Crippen molar-refractivity contribution in [2.45, 2.75) is 33.6 Å². The van der Waals surface area contributed by atoms with Crippen molar-refractivity contribution < 1.29 is 0 Å². The summed E-state index contributed by atoms with van der Waals surface area (Å²) in [6, 6.07) is 0. The van der Waals surface area contributed by atoms with Crippen LogP contribution in [0, 0.1) is 5.92 Å². The first-order chi connectivity index (χ1) is 5.70. The zero-order valence-corrected chi connectivity index (χ0v) is 9.13. The molecule has 1 atom stereocenters. The van der Waals surface area contributed by atoms with Gasteiger partial charge in [0.05, 0.1) is 0 Å². The molecule has 0 rings (SSSR count). The van der Waals surface area contributed by atoms with Crippen LogP contribution in [-0.2, 0) is 0 Å². The van der Waals surface area contributed by atoms with Gasteiger partial charge in [0, 0.05) is 13.1 Å². The summed E-state index contributed by atoms with van der Waals surface area (Å²) >= 11 is 5.06. The number of rotatable bonds is 5. The van der Waals surface area contributed by atoms with E-state index in [1.165, 1.54) is 6.42 Å². The number of hydrogen-bond acceptors (Lipinski definition) is 1. The van der Waals surface area contributed by atoms with Crippen molar-refractivity contribution in [1.82, 2.24) is 10.6 Å². The Hall–Kier alpha value is -0.310. The highest BCUT2D eigenvalue weighted by molar-refractivity contribution is 7.80. The first kappa shape index (κ1) is 11.7.